The molecule has 0 bridgehead atoms. The zero-order valence-electron chi connectivity index (χ0n) is 9.38. The second-order valence-corrected chi connectivity index (χ2v) is 5.43. The molecule has 0 saturated heterocycles. The second kappa shape index (κ2) is 8.24. The molecule has 86 valence electrons. The fourth-order valence-electron chi connectivity index (χ4n) is 1.12. The molecule has 1 atom stereocenters. The van der Waals surface area contributed by atoms with Crippen molar-refractivity contribution < 1.29 is 8.39 Å². The first kappa shape index (κ1) is 13.9. The molecule has 4 heteroatoms. The molecule has 14 heavy (non-hydrogen) atoms. The van der Waals surface area contributed by atoms with E-state index in [0.717, 1.165) is 38.5 Å². The van der Waals surface area contributed by atoms with Crippen molar-refractivity contribution in [3.05, 3.63) is 0 Å². The third-order valence-corrected chi connectivity index (χ3v) is 3.41. The summed E-state index contributed by atoms with van der Waals surface area (Å²) in [4.78, 5) is 0. The summed E-state index contributed by atoms with van der Waals surface area (Å²) in [5.41, 5.74) is 0. The van der Waals surface area contributed by atoms with E-state index in [1.807, 2.05) is 0 Å². The molecule has 0 spiro atoms. The van der Waals surface area contributed by atoms with Crippen LogP contribution in [-0.2, 0) is 14.2 Å². The predicted octanol–water partition coefficient (Wildman–Crippen LogP) is 3.35. The molecule has 0 aromatic heterocycles. The van der Waals surface area contributed by atoms with Crippen LogP contribution >= 0.6 is 0 Å². The average molecular weight is 221 g/mol. The lowest BCUT2D eigenvalue weighted by Crippen LogP contribution is -2.09. The van der Waals surface area contributed by atoms with E-state index < -0.39 is 10.0 Å². The van der Waals surface area contributed by atoms with Gasteiger partial charge in [0.1, 0.15) is 0 Å². The highest BCUT2D eigenvalue weighted by Crippen LogP contribution is 2.05. The van der Waals surface area contributed by atoms with Crippen molar-refractivity contribution in [3.8, 4) is 0 Å². The molecule has 1 unspecified atom stereocenters. The van der Waals surface area contributed by atoms with Crippen molar-refractivity contribution in [2.75, 3.05) is 12.4 Å². The Labute approximate surface area is 88.4 Å². The van der Waals surface area contributed by atoms with Crippen LogP contribution in [0.5, 0.6) is 0 Å². The molecule has 3 nitrogen and oxygen atoms in total. The summed E-state index contributed by atoms with van der Waals surface area (Å²) in [5.74, 6) is 0.400. The Hall–Kier alpha value is -0.0900. The standard InChI is InChI=1S/C10H23NO2S/c1-3-5-7-8-10-14(11,12)13-9-6-4-2/h11H,3-10H2,1-2H3. The highest BCUT2D eigenvalue weighted by atomic mass is 32.2. The maximum atomic E-state index is 11.5. The van der Waals surface area contributed by atoms with Crippen molar-refractivity contribution >= 4 is 10.0 Å². The SMILES string of the molecule is CCCCCCS(=N)(=O)OCCCC. The zero-order chi connectivity index (χ0) is 10.9. The number of nitrogens with one attached hydrogen (secondary N) is 1. The molecular formula is C10H23NO2S. The fraction of sp³-hybridized carbons (Fsp3) is 1.00. The number of rotatable bonds is 9. The molecule has 1 N–H and O–H groups in total. The van der Waals surface area contributed by atoms with Gasteiger partial charge in [-0.05, 0) is 12.8 Å². The van der Waals surface area contributed by atoms with Gasteiger partial charge in [0.2, 0.25) is 0 Å². The summed E-state index contributed by atoms with van der Waals surface area (Å²) in [5, 5.41) is 0. The molecule has 0 aromatic rings. The highest BCUT2D eigenvalue weighted by molar-refractivity contribution is 7.87. The van der Waals surface area contributed by atoms with Crippen molar-refractivity contribution in [2.45, 2.75) is 52.4 Å². The zero-order valence-corrected chi connectivity index (χ0v) is 10.2. The van der Waals surface area contributed by atoms with Gasteiger partial charge in [0.15, 0.2) is 10.0 Å². The molecule has 0 aromatic carbocycles. The molecule has 0 aliphatic heterocycles. The molecule has 0 saturated carbocycles. The molecule has 0 fully saturated rings. The topological polar surface area (TPSA) is 50.2 Å². The predicted molar refractivity (Wildman–Crippen MR) is 60.7 cm³/mol. The van der Waals surface area contributed by atoms with Crippen LogP contribution in [0, 0.1) is 4.78 Å². The minimum Gasteiger partial charge on any atom is -0.285 e. The fourth-order valence-corrected chi connectivity index (χ4v) is 2.20. The van der Waals surface area contributed by atoms with Crippen LogP contribution in [0.2, 0.25) is 0 Å². The Bertz CT molecular complexity index is 212. The van der Waals surface area contributed by atoms with E-state index in [0.29, 0.717) is 12.4 Å². The molecule has 0 heterocycles. The van der Waals surface area contributed by atoms with Crippen LogP contribution in [0.3, 0.4) is 0 Å². The van der Waals surface area contributed by atoms with E-state index >= 15 is 0 Å². The van der Waals surface area contributed by atoms with Gasteiger partial charge in [0.05, 0.1) is 12.4 Å². The number of hydrogen-bond donors (Lipinski definition) is 1. The third-order valence-electron chi connectivity index (χ3n) is 2.04. The van der Waals surface area contributed by atoms with E-state index in [1.54, 1.807) is 0 Å². The Kier molecular flexibility index (Phi) is 8.18. The van der Waals surface area contributed by atoms with Crippen LogP contribution in [0.15, 0.2) is 0 Å². The Balaban J connectivity index is 3.52. The number of hydrogen-bond acceptors (Lipinski definition) is 3. The molecule has 0 amide bonds. The summed E-state index contributed by atoms with van der Waals surface area (Å²) in [6, 6.07) is 0. The number of unbranched alkanes of at least 4 members (excludes halogenated alkanes) is 4. The first-order chi connectivity index (χ1) is 6.62. The largest absolute Gasteiger partial charge is 0.285 e. The van der Waals surface area contributed by atoms with Crippen molar-refractivity contribution in [2.24, 2.45) is 0 Å². The molecule has 0 rings (SSSR count). The summed E-state index contributed by atoms with van der Waals surface area (Å²) in [7, 11) is -2.73. The van der Waals surface area contributed by atoms with Crippen LogP contribution in [0.4, 0.5) is 0 Å². The quantitative estimate of drug-likeness (QED) is 0.607. The van der Waals surface area contributed by atoms with Gasteiger partial charge in [0, 0.05) is 0 Å². The Morgan fingerprint density at radius 2 is 1.71 bits per heavy atom. The first-order valence-electron chi connectivity index (χ1n) is 5.53. The van der Waals surface area contributed by atoms with Crippen LogP contribution in [0.25, 0.3) is 0 Å². The van der Waals surface area contributed by atoms with Gasteiger partial charge in [-0.2, -0.15) is 0 Å². The Morgan fingerprint density at radius 1 is 1.07 bits per heavy atom. The van der Waals surface area contributed by atoms with Crippen LogP contribution in [-0.4, -0.2) is 16.6 Å². The third kappa shape index (κ3) is 8.51. The molecule has 0 radical (unpaired) electrons. The monoisotopic (exact) mass is 221 g/mol. The van der Waals surface area contributed by atoms with Gasteiger partial charge >= 0.3 is 0 Å². The van der Waals surface area contributed by atoms with Gasteiger partial charge in [-0.1, -0.05) is 39.5 Å². The lowest BCUT2D eigenvalue weighted by atomic mass is 10.2. The summed E-state index contributed by atoms with van der Waals surface area (Å²) in [6.45, 7) is 4.65. The maximum absolute atomic E-state index is 11.5. The van der Waals surface area contributed by atoms with Gasteiger partial charge in [0.25, 0.3) is 0 Å². The minimum atomic E-state index is -2.73. The molecule has 0 aliphatic carbocycles. The summed E-state index contributed by atoms with van der Waals surface area (Å²) < 4.78 is 24.0. The van der Waals surface area contributed by atoms with Crippen molar-refractivity contribution in [3.63, 3.8) is 0 Å². The van der Waals surface area contributed by atoms with Crippen LogP contribution in [0.1, 0.15) is 52.4 Å². The lowest BCUT2D eigenvalue weighted by molar-refractivity contribution is 0.329. The van der Waals surface area contributed by atoms with E-state index in [4.69, 9.17) is 8.96 Å². The average Bonchev–Trinajstić information content (AvgIpc) is 2.13. The van der Waals surface area contributed by atoms with E-state index in [9.17, 15) is 4.21 Å². The van der Waals surface area contributed by atoms with Gasteiger partial charge < -0.3 is 0 Å². The highest BCUT2D eigenvalue weighted by Gasteiger charge is 2.05. The smallest absolute Gasteiger partial charge is 0.160 e. The van der Waals surface area contributed by atoms with Crippen LogP contribution < -0.4 is 0 Å². The maximum Gasteiger partial charge on any atom is 0.160 e. The van der Waals surface area contributed by atoms with E-state index in [1.165, 1.54) is 0 Å². The summed E-state index contributed by atoms with van der Waals surface area (Å²) >= 11 is 0. The van der Waals surface area contributed by atoms with Crippen molar-refractivity contribution in [1.82, 2.24) is 0 Å². The van der Waals surface area contributed by atoms with Gasteiger partial charge in [-0.3, -0.25) is 4.18 Å². The van der Waals surface area contributed by atoms with E-state index in [2.05, 4.69) is 13.8 Å². The minimum absolute atomic E-state index is 0.400. The van der Waals surface area contributed by atoms with E-state index in [-0.39, 0.29) is 0 Å². The Morgan fingerprint density at radius 3 is 2.29 bits per heavy atom. The normalized spacial score (nSPS) is 15.3. The van der Waals surface area contributed by atoms with Gasteiger partial charge in [-0.15, -0.1) is 0 Å². The van der Waals surface area contributed by atoms with Gasteiger partial charge in [-0.25, -0.2) is 8.99 Å². The first-order valence-corrected chi connectivity index (χ1v) is 7.18. The lowest BCUT2D eigenvalue weighted by Gasteiger charge is -2.07. The van der Waals surface area contributed by atoms with Crippen molar-refractivity contribution in [1.29, 1.82) is 4.78 Å². The molecule has 0 aliphatic rings. The second-order valence-electron chi connectivity index (χ2n) is 3.56. The molecular weight excluding hydrogens is 198 g/mol. The summed E-state index contributed by atoms with van der Waals surface area (Å²) in [6.07, 6.45) is 6.14.